The van der Waals surface area contributed by atoms with Gasteiger partial charge in [-0.25, -0.2) is 4.98 Å². The molecule has 0 saturated carbocycles. The number of rotatable bonds is 5. The van der Waals surface area contributed by atoms with Crippen molar-refractivity contribution in [3.05, 3.63) is 21.6 Å². The highest BCUT2D eigenvalue weighted by Crippen LogP contribution is 2.33. The summed E-state index contributed by atoms with van der Waals surface area (Å²) in [5, 5.41) is 3.76. The largest absolute Gasteiger partial charge is 0.356 e. The number of hydrogen-bond donors (Lipinski definition) is 1. The molecular weight excluding hydrogens is 298 g/mol. The lowest BCUT2D eigenvalue weighted by Gasteiger charge is -2.14. The Morgan fingerprint density at radius 3 is 3.05 bits per heavy atom. The molecular formula is C16H23N3O2S. The third-order valence-electron chi connectivity index (χ3n) is 4.34. The van der Waals surface area contributed by atoms with Crippen LogP contribution in [0.15, 0.2) is 9.95 Å². The van der Waals surface area contributed by atoms with Crippen LogP contribution in [0.1, 0.15) is 50.4 Å². The summed E-state index contributed by atoms with van der Waals surface area (Å²) in [6.45, 7) is 4.99. The molecule has 1 unspecified atom stereocenters. The Morgan fingerprint density at radius 2 is 2.27 bits per heavy atom. The van der Waals surface area contributed by atoms with Gasteiger partial charge in [0.2, 0.25) is 5.91 Å². The van der Waals surface area contributed by atoms with Gasteiger partial charge in [0.15, 0.2) is 5.16 Å². The quantitative estimate of drug-likeness (QED) is 0.842. The number of nitrogens with one attached hydrogen (secondary N) is 1. The van der Waals surface area contributed by atoms with Crippen LogP contribution in [0, 0.1) is 5.92 Å². The number of hydrogen-bond acceptors (Lipinski definition) is 4. The molecule has 0 saturated heterocycles. The average molecular weight is 321 g/mol. The van der Waals surface area contributed by atoms with Gasteiger partial charge in [-0.1, -0.05) is 25.6 Å². The van der Waals surface area contributed by atoms with Crippen LogP contribution in [0.4, 0.5) is 0 Å². The monoisotopic (exact) mass is 321 g/mol. The molecule has 0 aromatic carbocycles. The summed E-state index contributed by atoms with van der Waals surface area (Å²) < 4.78 is 1.76. The van der Waals surface area contributed by atoms with Crippen molar-refractivity contribution in [2.24, 2.45) is 5.92 Å². The molecule has 0 fully saturated rings. The van der Waals surface area contributed by atoms with Crippen LogP contribution in [-0.4, -0.2) is 27.8 Å². The molecule has 1 amide bonds. The summed E-state index contributed by atoms with van der Waals surface area (Å²) in [6.07, 6.45) is 4.13. The van der Waals surface area contributed by atoms with Crippen molar-refractivity contribution in [3.63, 3.8) is 0 Å². The summed E-state index contributed by atoms with van der Waals surface area (Å²) in [5.74, 6) is 1.38. The van der Waals surface area contributed by atoms with Crippen molar-refractivity contribution < 1.29 is 4.79 Å². The zero-order valence-corrected chi connectivity index (χ0v) is 14.0. The summed E-state index contributed by atoms with van der Waals surface area (Å²) in [7, 11) is 0. The van der Waals surface area contributed by atoms with Crippen molar-refractivity contribution in [1.82, 2.24) is 14.9 Å². The molecule has 1 aromatic rings. The van der Waals surface area contributed by atoms with Gasteiger partial charge in [-0.05, 0) is 31.6 Å². The van der Waals surface area contributed by atoms with Crippen LogP contribution in [0.25, 0.3) is 0 Å². The number of aryl methyl sites for hydroxylation is 1. The topological polar surface area (TPSA) is 64.0 Å². The Labute approximate surface area is 134 Å². The second-order valence-electron chi connectivity index (χ2n) is 6.55. The molecule has 3 rings (SSSR count). The van der Waals surface area contributed by atoms with Gasteiger partial charge in [-0.3, -0.25) is 14.2 Å². The molecule has 6 heteroatoms. The first-order valence-corrected chi connectivity index (χ1v) is 9.08. The lowest BCUT2D eigenvalue weighted by molar-refractivity contribution is -0.121. The maximum atomic E-state index is 12.6. The van der Waals surface area contributed by atoms with E-state index >= 15 is 0 Å². The van der Waals surface area contributed by atoms with E-state index in [2.05, 4.69) is 24.1 Å². The second-order valence-corrected chi connectivity index (χ2v) is 7.54. The average Bonchev–Trinajstić information content (AvgIpc) is 3.06. The third kappa shape index (κ3) is 3.07. The SMILES string of the molecule is CC(C)CCNC(=O)CC1CSc2nc3c(c(=O)n21)CCC3. The van der Waals surface area contributed by atoms with Gasteiger partial charge >= 0.3 is 0 Å². The van der Waals surface area contributed by atoms with Crippen LogP contribution >= 0.6 is 11.8 Å². The fraction of sp³-hybridized carbons (Fsp3) is 0.688. The van der Waals surface area contributed by atoms with Crippen molar-refractivity contribution in [2.45, 2.75) is 57.1 Å². The van der Waals surface area contributed by atoms with Gasteiger partial charge in [0.25, 0.3) is 5.56 Å². The highest BCUT2D eigenvalue weighted by molar-refractivity contribution is 7.99. The van der Waals surface area contributed by atoms with Crippen molar-refractivity contribution in [1.29, 1.82) is 0 Å². The molecule has 1 aliphatic heterocycles. The number of carbonyl (C=O) groups excluding carboxylic acids is 1. The standard InChI is InChI=1S/C16H23N3O2S/c1-10(2)6-7-17-14(20)8-11-9-22-16-18-13-5-3-4-12(13)15(21)19(11)16/h10-11H,3-9H2,1-2H3,(H,17,20). The molecule has 2 aliphatic rings. The van der Waals surface area contributed by atoms with Crippen molar-refractivity contribution in [2.75, 3.05) is 12.3 Å². The fourth-order valence-electron chi connectivity index (χ4n) is 3.09. The predicted molar refractivity (Wildman–Crippen MR) is 87.4 cm³/mol. The van der Waals surface area contributed by atoms with Gasteiger partial charge in [0.1, 0.15) is 0 Å². The first kappa shape index (κ1) is 15.6. The van der Waals surface area contributed by atoms with Crippen molar-refractivity contribution >= 4 is 17.7 Å². The Hall–Kier alpha value is -1.30. The molecule has 120 valence electrons. The molecule has 1 atom stereocenters. The van der Waals surface area contributed by atoms with Crippen LogP contribution in [0.3, 0.4) is 0 Å². The minimum Gasteiger partial charge on any atom is -0.356 e. The van der Waals surface area contributed by atoms with E-state index in [1.54, 1.807) is 16.3 Å². The first-order valence-electron chi connectivity index (χ1n) is 8.10. The number of aromatic nitrogens is 2. The van der Waals surface area contributed by atoms with Crippen molar-refractivity contribution in [3.8, 4) is 0 Å². The molecule has 1 N–H and O–H groups in total. The number of amides is 1. The highest BCUT2D eigenvalue weighted by Gasteiger charge is 2.30. The van der Waals surface area contributed by atoms with Gasteiger partial charge < -0.3 is 5.32 Å². The molecule has 1 aromatic heterocycles. The first-order chi connectivity index (χ1) is 10.6. The van der Waals surface area contributed by atoms with Crippen LogP contribution < -0.4 is 10.9 Å². The number of fused-ring (bicyclic) bond motifs is 2. The lowest BCUT2D eigenvalue weighted by Crippen LogP contribution is -2.32. The van der Waals surface area contributed by atoms with Gasteiger partial charge in [0.05, 0.1) is 11.7 Å². The highest BCUT2D eigenvalue weighted by atomic mass is 32.2. The van der Waals surface area contributed by atoms with Crippen LogP contribution in [0.5, 0.6) is 0 Å². The number of thioether (sulfide) groups is 1. The Balaban J connectivity index is 1.69. The second kappa shape index (κ2) is 6.44. The Kier molecular flexibility index (Phi) is 4.57. The zero-order valence-electron chi connectivity index (χ0n) is 13.2. The minimum absolute atomic E-state index is 0.0338. The normalized spacial score (nSPS) is 19.3. The Morgan fingerprint density at radius 1 is 1.45 bits per heavy atom. The Bertz CT molecular complexity index is 639. The number of nitrogens with zero attached hydrogens (tertiary/aromatic N) is 2. The summed E-state index contributed by atoms with van der Waals surface area (Å²) in [6, 6.07) is -0.0510. The fourth-order valence-corrected chi connectivity index (χ4v) is 4.24. The smallest absolute Gasteiger partial charge is 0.257 e. The van der Waals surface area contributed by atoms with E-state index in [-0.39, 0.29) is 17.5 Å². The number of carbonyl (C=O) groups is 1. The predicted octanol–water partition coefficient (Wildman–Crippen LogP) is 1.93. The van der Waals surface area contributed by atoms with Crippen LogP contribution in [0.2, 0.25) is 0 Å². The van der Waals surface area contributed by atoms with E-state index in [4.69, 9.17) is 0 Å². The van der Waals surface area contributed by atoms with E-state index in [0.29, 0.717) is 18.9 Å². The molecule has 22 heavy (non-hydrogen) atoms. The molecule has 0 radical (unpaired) electrons. The molecule has 0 spiro atoms. The van der Waals surface area contributed by atoms with E-state index < -0.39 is 0 Å². The summed E-state index contributed by atoms with van der Waals surface area (Å²) in [4.78, 5) is 29.3. The molecule has 2 heterocycles. The molecule has 0 bridgehead atoms. The minimum atomic E-state index is -0.0510. The maximum Gasteiger partial charge on any atom is 0.257 e. The lowest BCUT2D eigenvalue weighted by atomic mass is 10.1. The van der Waals surface area contributed by atoms with Gasteiger partial charge in [-0.15, -0.1) is 0 Å². The van der Waals surface area contributed by atoms with E-state index in [1.807, 2.05) is 0 Å². The molecule has 5 nitrogen and oxygen atoms in total. The van der Waals surface area contributed by atoms with Gasteiger partial charge in [-0.2, -0.15) is 0 Å². The zero-order chi connectivity index (χ0) is 15.7. The van der Waals surface area contributed by atoms with E-state index in [1.165, 1.54) is 0 Å². The maximum absolute atomic E-state index is 12.6. The third-order valence-corrected chi connectivity index (χ3v) is 5.43. The molecule has 1 aliphatic carbocycles. The summed E-state index contributed by atoms with van der Waals surface area (Å²) >= 11 is 1.60. The van der Waals surface area contributed by atoms with E-state index in [0.717, 1.165) is 47.8 Å². The van der Waals surface area contributed by atoms with Gasteiger partial charge in [0, 0.05) is 24.3 Å². The summed E-state index contributed by atoms with van der Waals surface area (Å²) in [5.41, 5.74) is 1.93. The van der Waals surface area contributed by atoms with E-state index in [9.17, 15) is 9.59 Å². The van der Waals surface area contributed by atoms with Crippen LogP contribution in [-0.2, 0) is 17.6 Å².